The van der Waals surface area contributed by atoms with E-state index in [1.165, 1.54) is 238 Å². The van der Waals surface area contributed by atoms with Gasteiger partial charge in [-0.1, -0.05) is 362 Å². The number of phosphoric acid groups is 2. The molecule has 0 aromatic heterocycles. The van der Waals surface area contributed by atoms with Crippen molar-refractivity contribution in [2.45, 2.75) is 431 Å². The van der Waals surface area contributed by atoms with E-state index in [0.29, 0.717) is 25.7 Å². The molecule has 0 amide bonds. The van der Waals surface area contributed by atoms with Gasteiger partial charge in [0.1, 0.15) is 19.3 Å². The lowest BCUT2D eigenvalue weighted by molar-refractivity contribution is -0.161. The zero-order chi connectivity index (χ0) is 70.4. The molecule has 19 heteroatoms. The van der Waals surface area contributed by atoms with Crippen LogP contribution in [0.15, 0.2) is 0 Å². The number of carbonyl (C=O) groups is 4. The summed E-state index contributed by atoms with van der Waals surface area (Å²) < 4.78 is 68.3. The van der Waals surface area contributed by atoms with Gasteiger partial charge in [-0.25, -0.2) is 9.13 Å². The van der Waals surface area contributed by atoms with Gasteiger partial charge in [-0.3, -0.25) is 37.3 Å². The highest BCUT2D eigenvalue weighted by Crippen LogP contribution is 2.45. The number of hydrogen-bond acceptors (Lipinski definition) is 15. The molecule has 0 aliphatic carbocycles. The molecule has 0 aliphatic rings. The summed E-state index contributed by atoms with van der Waals surface area (Å²) in [5.74, 6) is -2.12. The fourth-order valence-electron chi connectivity index (χ4n) is 11.9. The Kier molecular flexibility index (Phi) is 70.0. The Hall–Kier alpha value is -1.94. The monoisotopic (exact) mass is 1410 g/mol. The number of aliphatic hydroxyl groups excluding tert-OH is 1. The van der Waals surface area contributed by atoms with Crippen molar-refractivity contribution >= 4 is 39.5 Å². The van der Waals surface area contributed by atoms with E-state index in [4.69, 9.17) is 37.0 Å². The summed E-state index contributed by atoms with van der Waals surface area (Å²) >= 11 is 0. The van der Waals surface area contributed by atoms with E-state index in [1.807, 2.05) is 0 Å². The second kappa shape index (κ2) is 71.5. The van der Waals surface area contributed by atoms with Gasteiger partial charge in [-0.05, 0) is 25.7 Å². The lowest BCUT2D eigenvalue weighted by Gasteiger charge is -2.21. The predicted molar refractivity (Wildman–Crippen MR) is 391 cm³/mol. The van der Waals surface area contributed by atoms with Crippen LogP contribution in [-0.2, 0) is 65.4 Å². The molecule has 0 aromatic rings. The molecule has 5 atom stereocenters. The largest absolute Gasteiger partial charge is 0.472 e. The average molecular weight is 1410 g/mol. The number of unbranched alkanes of at least 4 members (excludes halogenated alkanes) is 52. The summed E-state index contributed by atoms with van der Waals surface area (Å²) in [5, 5.41) is 10.6. The third-order valence-corrected chi connectivity index (χ3v) is 20.0. The molecule has 0 aromatic carbocycles. The lowest BCUT2D eigenvalue weighted by Crippen LogP contribution is -2.30. The Morgan fingerprint density at radius 2 is 0.417 bits per heavy atom. The summed E-state index contributed by atoms with van der Waals surface area (Å²) in [5.41, 5.74) is 0. The SMILES string of the molecule is CCCCCCCCCCCCCCCCCCCCCCCC(=O)O[C@H](COC(=O)CCCCCCCCCCCCCCCCCCCCC)COP(=O)(O)OC[C@@H](O)COP(=O)(O)OC[C@@H](COC(=O)CCCCCCC)OC(=O)CCCCCCCCCCCCC. The molecule has 0 saturated carbocycles. The van der Waals surface area contributed by atoms with E-state index in [1.54, 1.807) is 0 Å². The first-order valence-electron chi connectivity index (χ1n) is 40.3. The van der Waals surface area contributed by atoms with Crippen LogP contribution in [0.4, 0.5) is 0 Å². The van der Waals surface area contributed by atoms with E-state index in [2.05, 4.69) is 27.7 Å². The normalized spacial score (nSPS) is 13.9. The molecule has 96 heavy (non-hydrogen) atoms. The van der Waals surface area contributed by atoms with Crippen LogP contribution in [0.1, 0.15) is 413 Å². The maximum absolute atomic E-state index is 13.1. The number of hydrogen-bond donors (Lipinski definition) is 3. The Labute approximate surface area is 588 Å². The van der Waals surface area contributed by atoms with Gasteiger partial charge >= 0.3 is 39.5 Å². The minimum Gasteiger partial charge on any atom is -0.462 e. The van der Waals surface area contributed by atoms with Crippen LogP contribution in [0.25, 0.3) is 0 Å². The van der Waals surface area contributed by atoms with Gasteiger partial charge in [0, 0.05) is 25.7 Å². The number of rotatable bonds is 78. The van der Waals surface area contributed by atoms with Gasteiger partial charge in [-0.2, -0.15) is 0 Å². The van der Waals surface area contributed by atoms with Crippen LogP contribution in [0.2, 0.25) is 0 Å². The second-order valence-corrected chi connectivity index (χ2v) is 30.7. The summed E-state index contributed by atoms with van der Waals surface area (Å²) in [4.78, 5) is 72.5. The summed E-state index contributed by atoms with van der Waals surface area (Å²) in [6, 6.07) is 0. The van der Waals surface area contributed by atoms with Gasteiger partial charge in [0.2, 0.25) is 0 Å². The van der Waals surface area contributed by atoms with Crippen LogP contribution >= 0.6 is 15.6 Å². The van der Waals surface area contributed by atoms with Gasteiger partial charge in [0.05, 0.1) is 26.4 Å². The Morgan fingerprint density at radius 3 is 0.615 bits per heavy atom. The van der Waals surface area contributed by atoms with E-state index in [-0.39, 0.29) is 25.7 Å². The van der Waals surface area contributed by atoms with E-state index >= 15 is 0 Å². The fourth-order valence-corrected chi connectivity index (χ4v) is 13.5. The minimum absolute atomic E-state index is 0.107. The smallest absolute Gasteiger partial charge is 0.462 e. The number of ether oxygens (including phenoxy) is 4. The van der Waals surface area contributed by atoms with Crippen molar-refractivity contribution in [1.29, 1.82) is 0 Å². The van der Waals surface area contributed by atoms with E-state index < -0.39 is 97.5 Å². The first-order chi connectivity index (χ1) is 46.7. The van der Waals surface area contributed by atoms with Crippen molar-refractivity contribution in [2.75, 3.05) is 39.6 Å². The summed E-state index contributed by atoms with van der Waals surface area (Å²) in [6.07, 6.45) is 63.0. The molecule has 17 nitrogen and oxygen atoms in total. The first-order valence-corrected chi connectivity index (χ1v) is 43.3. The zero-order valence-corrected chi connectivity index (χ0v) is 64.1. The molecule has 0 radical (unpaired) electrons. The zero-order valence-electron chi connectivity index (χ0n) is 62.4. The van der Waals surface area contributed by atoms with E-state index in [0.717, 1.165) is 96.3 Å². The van der Waals surface area contributed by atoms with Crippen molar-refractivity contribution < 1.29 is 80.2 Å². The number of aliphatic hydroxyl groups is 1. The highest BCUT2D eigenvalue weighted by atomic mass is 31.2. The summed E-state index contributed by atoms with van der Waals surface area (Å²) in [7, 11) is -9.90. The second-order valence-electron chi connectivity index (χ2n) is 27.7. The Morgan fingerprint density at radius 1 is 0.250 bits per heavy atom. The summed E-state index contributed by atoms with van der Waals surface area (Å²) in [6.45, 7) is 4.90. The first kappa shape index (κ1) is 94.1. The molecular formula is C77H150O17P2. The van der Waals surface area contributed by atoms with Gasteiger partial charge in [0.25, 0.3) is 0 Å². The molecule has 0 rings (SSSR count). The molecular weight excluding hydrogens is 1260 g/mol. The van der Waals surface area contributed by atoms with Crippen molar-refractivity contribution in [2.24, 2.45) is 0 Å². The molecule has 0 fully saturated rings. The molecule has 0 spiro atoms. The van der Waals surface area contributed by atoms with Crippen LogP contribution < -0.4 is 0 Å². The quantitative estimate of drug-likeness (QED) is 0.0222. The maximum atomic E-state index is 13.1. The third-order valence-electron chi connectivity index (χ3n) is 18.1. The van der Waals surface area contributed by atoms with Crippen LogP contribution in [-0.4, -0.2) is 96.7 Å². The Balaban J connectivity index is 5.10. The number of phosphoric ester groups is 2. The van der Waals surface area contributed by atoms with Crippen molar-refractivity contribution in [3.63, 3.8) is 0 Å². The lowest BCUT2D eigenvalue weighted by atomic mass is 10.0. The van der Waals surface area contributed by atoms with Crippen molar-refractivity contribution in [3.8, 4) is 0 Å². The molecule has 0 aliphatic heterocycles. The van der Waals surface area contributed by atoms with Gasteiger partial charge in [-0.15, -0.1) is 0 Å². The predicted octanol–water partition coefficient (Wildman–Crippen LogP) is 23.0. The van der Waals surface area contributed by atoms with Crippen molar-refractivity contribution in [1.82, 2.24) is 0 Å². The highest BCUT2D eigenvalue weighted by molar-refractivity contribution is 7.47. The van der Waals surface area contributed by atoms with Gasteiger partial charge < -0.3 is 33.8 Å². The molecule has 2 unspecified atom stereocenters. The van der Waals surface area contributed by atoms with Crippen LogP contribution in [0.5, 0.6) is 0 Å². The maximum Gasteiger partial charge on any atom is 0.472 e. The van der Waals surface area contributed by atoms with Crippen LogP contribution in [0.3, 0.4) is 0 Å². The van der Waals surface area contributed by atoms with E-state index in [9.17, 15) is 43.2 Å². The third kappa shape index (κ3) is 70.5. The van der Waals surface area contributed by atoms with Gasteiger partial charge in [0.15, 0.2) is 12.2 Å². The number of esters is 4. The number of carbonyl (C=O) groups excluding carboxylic acids is 4. The molecule has 0 saturated heterocycles. The standard InChI is InChI=1S/C77H150O17P2/c1-5-9-13-17-20-23-26-28-30-32-34-35-37-39-41-43-46-49-52-56-60-64-77(82)94-73(68-88-75(80)62-58-54-50-47-45-42-40-38-36-33-31-29-27-24-21-18-14-10-6-2)70-92-96(85,86)90-66-71(78)65-89-95(83,84)91-69-72(67-87-74(79)61-57-53-16-12-8-4)93-76(81)63-59-55-51-48-44-25-22-19-15-11-7-3/h71-73,78H,5-70H2,1-4H3,(H,83,84)(H,85,86)/t71-,72+,73+/m0/s1. The Bertz CT molecular complexity index is 1830. The van der Waals surface area contributed by atoms with Crippen LogP contribution in [0, 0.1) is 0 Å². The minimum atomic E-state index is -4.95. The van der Waals surface area contributed by atoms with Crippen molar-refractivity contribution in [3.05, 3.63) is 0 Å². The highest BCUT2D eigenvalue weighted by Gasteiger charge is 2.30. The molecule has 570 valence electrons. The molecule has 0 bridgehead atoms. The molecule has 0 heterocycles. The average Bonchev–Trinajstić information content (AvgIpc) is 2.08. The molecule has 3 N–H and O–H groups in total. The fraction of sp³-hybridized carbons (Fsp3) is 0.948. The topological polar surface area (TPSA) is 237 Å².